The fourth-order valence-electron chi connectivity index (χ4n) is 1.67. The average molecular weight is 356 g/mol. The summed E-state index contributed by atoms with van der Waals surface area (Å²) < 4.78 is 7.40. The van der Waals surface area contributed by atoms with Crippen LogP contribution in [0.25, 0.3) is 4.96 Å². The Kier molecular flexibility index (Phi) is 4.46. The highest BCUT2D eigenvalue weighted by atomic mass is 35.5. The maximum absolute atomic E-state index is 11.9. The lowest BCUT2D eigenvalue weighted by molar-refractivity contribution is -0.113. The van der Waals surface area contributed by atoms with Crippen molar-refractivity contribution in [3.8, 4) is 5.75 Å². The normalized spacial score (nSPS) is 10.8. The number of hydrogen-bond donors (Lipinski definition) is 1. The third kappa shape index (κ3) is 3.32. The van der Waals surface area contributed by atoms with Crippen molar-refractivity contribution >= 4 is 51.3 Å². The average Bonchev–Trinajstić information content (AvgIpc) is 3.06. The van der Waals surface area contributed by atoms with E-state index in [1.165, 1.54) is 36.5 Å². The summed E-state index contributed by atoms with van der Waals surface area (Å²) in [6, 6.07) is 5.08. The summed E-state index contributed by atoms with van der Waals surface area (Å²) in [5, 5.41) is 15.1. The van der Waals surface area contributed by atoms with E-state index in [1.54, 1.807) is 22.7 Å². The fraction of sp³-hybridized carbons (Fsp3) is 0.167. The number of methoxy groups -OCH3 is 1. The first kappa shape index (κ1) is 15.1. The summed E-state index contributed by atoms with van der Waals surface area (Å²) in [6.07, 6.45) is 1.52. The van der Waals surface area contributed by atoms with E-state index in [2.05, 4.69) is 20.6 Å². The zero-order chi connectivity index (χ0) is 15.5. The Bertz CT molecular complexity index is 790. The summed E-state index contributed by atoms with van der Waals surface area (Å²) in [4.78, 5) is 12.6. The molecule has 0 saturated heterocycles. The molecule has 2 aromatic heterocycles. The molecular weight excluding hydrogens is 346 g/mol. The van der Waals surface area contributed by atoms with E-state index in [-0.39, 0.29) is 11.7 Å². The number of hydrogen-bond acceptors (Lipinski definition) is 7. The second-order valence-corrected chi connectivity index (χ2v) is 6.70. The van der Waals surface area contributed by atoms with Crippen LogP contribution in [-0.2, 0) is 4.79 Å². The molecular formula is C12H10ClN5O2S2. The van der Waals surface area contributed by atoms with E-state index in [4.69, 9.17) is 16.3 Å². The molecule has 0 fully saturated rings. The summed E-state index contributed by atoms with van der Waals surface area (Å²) in [5.74, 6) is 0.666. The second-order valence-electron chi connectivity index (χ2n) is 4.11. The van der Waals surface area contributed by atoms with Gasteiger partial charge >= 0.3 is 0 Å². The minimum absolute atomic E-state index is 0.141. The van der Waals surface area contributed by atoms with Gasteiger partial charge in [-0.3, -0.25) is 4.79 Å². The number of anilines is 1. The Balaban J connectivity index is 1.58. The van der Waals surface area contributed by atoms with E-state index in [9.17, 15) is 4.79 Å². The number of rotatable bonds is 5. The van der Waals surface area contributed by atoms with Crippen molar-refractivity contribution < 1.29 is 9.53 Å². The van der Waals surface area contributed by atoms with Gasteiger partial charge in [0, 0.05) is 5.69 Å². The summed E-state index contributed by atoms with van der Waals surface area (Å²) >= 11 is 8.74. The van der Waals surface area contributed by atoms with E-state index < -0.39 is 0 Å². The largest absolute Gasteiger partial charge is 0.495 e. The molecule has 0 atom stereocenters. The third-order valence-electron chi connectivity index (χ3n) is 2.63. The van der Waals surface area contributed by atoms with Gasteiger partial charge in [-0.05, 0) is 18.2 Å². The van der Waals surface area contributed by atoms with Gasteiger partial charge in [0.05, 0.1) is 17.9 Å². The summed E-state index contributed by atoms with van der Waals surface area (Å²) in [6.45, 7) is 0. The first-order valence-corrected chi connectivity index (χ1v) is 8.27. The molecule has 114 valence electrons. The highest BCUT2D eigenvalue weighted by molar-refractivity contribution is 8.01. The van der Waals surface area contributed by atoms with Crippen LogP contribution in [0.3, 0.4) is 0 Å². The maximum Gasteiger partial charge on any atom is 0.235 e. The van der Waals surface area contributed by atoms with Gasteiger partial charge in [-0.2, -0.15) is 4.52 Å². The Hall–Kier alpha value is -1.84. The number of amides is 1. The van der Waals surface area contributed by atoms with Crippen LogP contribution in [0.1, 0.15) is 0 Å². The van der Waals surface area contributed by atoms with Crippen LogP contribution in [0.5, 0.6) is 5.75 Å². The van der Waals surface area contributed by atoms with Crippen molar-refractivity contribution in [1.29, 1.82) is 0 Å². The van der Waals surface area contributed by atoms with Crippen molar-refractivity contribution in [2.24, 2.45) is 0 Å². The highest BCUT2D eigenvalue weighted by Crippen LogP contribution is 2.28. The summed E-state index contributed by atoms with van der Waals surface area (Å²) in [5.41, 5.74) is 0.620. The van der Waals surface area contributed by atoms with Gasteiger partial charge in [-0.1, -0.05) is 34.7 Å². The van der Waals surface area contributed by atoms with Crippen LogP contribution < -0.4 is 10.1 Å². The molecule has 10 heteroatoms. The van der Waals surface area contributed by atoms with Crippen molar-refractivity contribution in [2.75, 3.05) is 18.2 Å². The van der Waals surface area contributed by atoms with Crippen LogP contribution in [0.4, 0.5) is 5.69 Å². The zero-order valence-electron chi connectivity index (χ0n) is 11.3. The van der Waals surface area contributed by atoms with Crippen molar-refractivity contribution in [2.45, 2.75) is 4.34 Å². The molecule has 1 aromatic carbocycles. The molecule has 3 aromatic rings. The van der Waals surface area contributed by atoms with Gasteiger partial charge in [-0.25, -0.2) is 0 Å². The first-order chi connectivity index (χ1) is 10.7. The van der Waals surface area contributed by atoms with Crippen molar-refractivity contribution in [1.82, 2.24) is 19.8 Å². The molecule has 2 heterocycles. The fourth-order valence-corrected chi connectivity index (χ4v) is 3.59. The van der Waals surface area contributed by atoms with Gasteiger partial charge in [-0.15, -0.1) is 15.3 Å². The SMILES string of the molecule is COc1ccc(NC(=O)CSc2nn3cnnc3s2)cc1Cl. The molecule has 1 N–H and O–H groups in total. The Morgan fingerprint density at radius 1 is 1.55 bits per heavy atom. The molecule has 0 radical (unpaired) electrons. The molecule has 0 saturated carbocycles. The van der Waals surface area contributed by atoms with E-state index in [0.29, 0.717) is 21.4 Å². The second kappa shape index (κ2) is 6.51. The lowest BCUT2D eigenvalue weighted by Crippen LogP contribution is -2.13. The molecule has 0 bridgehead atoms. The van der Waals surface area contributed by atoms with Crippen molar-refractivity contribution in [3.63, 3.8) is 0 Å². The standard InChI is InChI=1S/C12H10ClN5O2S2/c1-20-9-3-2-7(4-8(9)13)15-10(19)5-21-12-17-18-6-14-16-11(18)22-12/h2-4,6H,5H2,1H3,(H,15,19). The predicted octanol–water partition coefficient (Wildman–Crippen LogP) is 2.58. The van der Waals surface area contributed by atoms with Crippen LogP contribution in [-0.4, -0.2) is 38.6 Å². The monoisotopic (exact) mass is 355 g/mol. The number of ether oxygens (including phenoxy) is 1. The number of aromatic nitrogens is 4. The smallest absolute Gasteiger partial charge is 0.235 e. The van der Waals surface area contributed by atoms with Crippen LogP contribution in [0.2, 0.25) is 5.02 Å². The summed E-state index contributed by atoms with van der Waals surface area (Å²) in [7, 11) is 1.54. The molecule has 0 spiro atoms. The van der Waals surface area contributed by atoms with Crippen molar-refractivity contribution in [3.05, 3.63) is 29.5 Å². The maximum atomic E-state index is 11.9. The Morgan fingerprint density at radius 3 is 3.14 bits per heavy atom. The van der Waals surface area contributed by atoms with Gasteiger partial charge in [0.1, 0.15) is 12.1 Å². The number of nitrogens with one attached hydrogen (secondary N) is 1. The zero-order valence-corrected chi connectivity index (χ0v) is 13.7. The van der Waals surface area contributed by atoms with E-state index in [0.717, 1.165) is 4.34 Å². The van der Waals surface area contributed by atoms with E-state index >= 15 is 0 Å². The molecule has 7 nitrogen and oxygen atoms in total. The quantitative estimate of drug-likeness (QED) is 0.708. The van der Waals surface area contributed by atoms with Crippen LogP contribution in [0, 0.1) is 0 Å². The molecule has 0 aliphatic carbocycles. The number of halogens is 1. The Labute approximate surface area is 138 Å². The first-order valence-electron chi connectivity index (χ1n) is 6.09. The number of benzene rings is 1. The molecule has 1 amide bonds. The highest BCUT2D eigenvalue weighted by Gasteiger charge is 2.10. The molecule has 22 heavy (non-hydrogen) atoms. The van der Waals surface area contributed by atoms with Gasteiger partial charge in [0.15, 0.2) is 4.34 Å². The number of carbonyl (C=O) groups excluding carboxylic acids is 1. The van der Waals surface area contributed by atoms with E-state index in [1.807, 2.05) is 0 Å². The van der Waals surface area contributed by atoms with Crippen LogP contribution >= 0.6 is 34.7 Å². The number of nitrogens with zero attached hydrogens (tertiary/aromatic N) is 4. The number of fused-ring (bicyclic) bond motifs is 1. The molecule has 0 aliphatic heterocycles. The Morgan fingerprint density at radius 2 is 2.41 bits per heavy atom. The van der Waals surface area contributed by atoms with Gasteiger partial charge in [0.2, 0.25) is 10.9 Å². The minimum Gasteiger partial charge on any atom is -0.495 e. The van der Waals surface area contributed by atoms with Gasteiger partial charge in [0.25, 0.3) is 0 Å². The third-order valence-corrected chi connectivity index (χ3v) is 4.97. The molecule has 0 aliphatic rings. The minimum atomic E-state index is -0.141. The number of thioether (sulfide) groups is 1. The number of carbonyl (C=O) groups is 1. The predicted molar refractivity (Wildman–Crippen MR) is 86.0 cm³/mol. The lowest BCUT2D eigenvalue weighted by Gasteiger charge is -2.07. The molecule has 3 rings (SSSR count). The molecule has 0 unspecified atom stereocenters. The lowest BCUT2D eigenvalue weighted by atomic mass is 10.3. The van der Waals surface area contributed by atoms with Crippen LogP contribution in [0.15, 0.2) is 28.9 Å². The topological polar surface area (TPSA) is 81.4 Å². The van der Waals surface area contributed by atoms with Gasteiger partial charge < -0.3 is 10.1 Å².